The molecule has 1 heterocycles. The van der Waals surface area contributed by atoms with E-state index in [9.17, 15) is 0 Å². The van der Waals surface area contributed by atoms with Crippen molar-refractivity contribution in [2.45, 2.75) is 95.1 Å². The molecule has 9 heteroatoms. The van der Waals surface area contributed by atoms with Crippen LogP contribution in [0.5, 0.6) is 0 Å². The fourth-order valence-electron chi connectivity index (χ4n) is 3.32. The molecule has 1 aliphatic rings. The van der Waals surface area contributed by atoms with Gasteiger partial charge in [-0.2, -0.15) is 0 Å². The van der Waals surface area contributed by atoms with E-state index in [1.807, 2.05) is 0 Å². The van der Waals surface area contributed by atoms with Gasteiger partial charge in [-0.25, -0.2) is 0 Å². The molecular weight excluding hydrogens is 361 g/mol. The molecule has 138 valence electrons. The lowest BCUT2D eigenvalue weighted by molar-refractivity contribution is 0.341. The van der Waals surface area contributed by atoms with E-state index in [0.29, 0.717) is 18.1 Å². The molecule has 0 aromatic rings. The second-order valence-electron chi connectivity index (χ2n) is 7.19. The van der Waals surface area contributed by atoms with Gasteiger partial charge < -0.3 is 14.2 Å². The molecule has 0 aromatic heterocycles. The van der Waals surface area contributed by atoms with Gasteiger partial charge in [0.15, 0.2) is 0 Å². The van der Waals surface area contributed by atoms with Crippen LogP contribution in [-0.2, 0) is 0 Å². The average molecular weight is 394 g/mol. The number of hydrogen-bond donors (Lipinski definition) is 0. The van der Waals surface area contributed by atoms with E-state index >= 15 is 0 Å². The van der Waals surface area contributed by atoms with Crippen LogP contribution < -0.4 is 0 Å². The molecule has 1 aliphatic heterocycles. The first-order valence-electron chi connectivity index (χ1n) is 9.40. The van der Waals surface area contributed by atoms with Gasteiger partial charge in [-0.15, -0.1) is 34.8 Å². The lowest BCUT2D eigenvalue weighted by atomic mass is 9.69. The van der Waals surface area contributed by atoms with Crippen LogP contribution in [0.4, 0.5) is 0 Å². The fourth-order valence-corrected chi connectivity index (χ4v) is 3.79. The Morgan fingerprint density at radius 3 is 0.958 bits per heavy atom. The lowest BCUT2D eigenvalue weighted by Crippen LogP contribution is -2.69. The summed E-state index contributed by atoms with van der Waals surface area (Å²) in [7, 11) is 2.74. The molecule has 0 aromatic carbocycles. The molecule has 3 nitrogen and oxygen atoms in total. The predicted octanol–water partition coefficient (Wildman–Crippen LogP) is 2.92. The van der Waals surface area contributed by atoms with Crippen molar-refractivity contribution in [3.8, 4) is 0 Å². The normalized spacial score (nSPS) is 24.9. The maximum Gasteiger partial charge on any atom is 0.271 e. The van der Waals surface area contributed by atoms with Gasteiger partial charge >= 0.3 is 0 Å². The van der Waals surface area contributed by atoms with E-state index in [1.165, 1.54) is 0 Å². The third-order valence-corrected chi connectivity index (χ3v) is 7.58. The molecule has 24 heavy (non-hydrogen) atoms. The third kappa shape index (κ3) is 5.99. The molecule has 1 fully saturated rings. The smallest absolute Gasteiger partial charge is 0.271 e. The number of halogens is 3. The maximum absolute atomic E-state index is 6.55. The van der Waals surface area contributed by atoms with Crippen molar-refractivity contribution in [3.63, 3.8) is 0 Å². The van der Waals surface area contributed by atoms with Gasteiger partial charge in [0, 0.05) is 34.3 Å². The summed E-state index contributed by atoms with van der Waals surface area (Å²) < 4.78 is 7.41. The van der Waals surface area contributed by atoms with Gasteiger partial charge in [0.1, 0.15) is 0 Å². The molecule has 6 atom stereocenters. The molecule has 0 spiro atoms. The van der Waals surface area contributed by atoms with Gasteiger partial charge in [0.25, 0.3) is 22.6 Å². The quantitative estimate of drug-likeness (QED) is 0.440. The van der Waals surface area contributed by atoms with Crippen LogP contribution in [-0.4, -0.2) is 71.1 Å². The Kier molecular flexibility index (Phi) is 10.5. The minimum absolute atomic E-state index is 0.161. The van der Waals surface area contributed by atoms with E-state index in [2.05, 4.69) is 55.7 Å². The zero-order valence-electron chi connectivity index (χ0n) is 16.2. The minimum Gasteiger partial charge on any atom is -0.360 e. The van der Waals surface area contributed by atoms with Crippen molar-refractivity contribution in [2.75, 3.05) is 0 Å². The first-order valence-corrected chi connectivity index (χ1v) is 10.7. The summed E-state index contributed by atoms with van der Waals surface area (Å²) in [5.41, 5.74) is 0. The van der Waals surface area contributed by atoms with Crippen molar-refractivity contribution >= 4 is 57.5 Å². The van der Waals surface area contributed by atoms with Gasteiger partial charge in [0.05, 0.1) is 0 Å². The Bertz CT molecular complexity index is 312. The third-order valence-electron chi connectivity index (χ3n) is 5.56. The topological polar surface area (TPSA) is 9.72 Å². The second-order valence-corrected chi connectivity index (χ2v) is 8.87. The summed E-state index contributed by atoms with van der Waals surface area (Å²) in [6.45, 7) is 13.1. The van der Waals surface area contributed by atoms with Crippen LogP contribution in [0.15, 0.2) is 0 Å². The van der Waals surface area contributed by atoms with Gasteiger partial charge in [-0.1, -0.05) is 20.8 Å². The van der Waals surface area contributed by atoms with Gasteiger partial charge in [-0.05, 0) is 40.0 Å². The highest BCUT2D eigenvalue weighted by Crippen LogP contribution is 2.22. The van der Waals surface area contributed by atoms with E-state index in [1.54, 1.807) is 0 Å². The van der Waals surface area contributed by atoms with Gasteiger partial charge in [0.2, 0.25) is 0 Å². The van der Waals surface area contributed by atoms with Crippen LogP contribution >= 0.6 is 34.8 Å². The van der Waals surface area contributed by atoms with E-state index in [-0.39, 0.29) is 16.1 Å². The molecule has 0 aliphatic carbocycles. The molecule has 0 radical (unpaired) electrons. The monoisotopic (exact) mass is 393 g/mol. The van der Waals surface area contributed by atoms with Crippen molar-refractivity contribution in [2.24, 2.45) is 0 Å². The Balaban J connectivity index is 2.93. The zero-order valence-corrected chi connectivity index (χ0v) is 18.5. The number of nitrogens with zero attached hydrogens (tertiary/aromatic N) is 3. The summed E-state index contributed by atoms with van der Waals surface area (Å²) in [4.78, 5) is 0. The maximum atomic E-state index is 6.55. The summed E-state index contributed by atoms with van der Waals surface area (Å²) in [5.74, 6) is 0. The van der Waals surface area contributed by atoms with E-state index < -0.39 is 0 Å². The number of hydrogen-bond acceptors (Lipinski definition) is 3. The zero-order chi connectivity index (χ0) is 18.4. The summed E-state index contributed by atoms with van der Waals surface area (Å²) in [6, 6.07) is 0.978. The molecule has 1 rings (SSSR count). The second kappa shape index (κ2) is 10.9. The highest BCUT2D eigenvalue weighted by Gasteiger charge is 2.38. The van der Waals surface area contributed by atoms with E-state index in [4.69, 9.17) is 34.8 Å². The number of rotatable bonds is 9. The first kappa shape index (κ1) is 23.0. The Morgan fingerprint density at radius 2 is 0.792 bits per heavy atom. The van der Waals surface area contributed by atoms with Crippen LogP contribution in [0.2, 0.25) is 0 Å². The first-order chi connectivity index (χ1) is 11.3. The highest BCUT2D eigenvalue weighted by molar-refractivity contribution is 6.65. The van der Waals surface area contributed by atoms with Crippen molar-refractivity contribution < 1.29 is 0 Å². The molecular formula is C15H33B3Cl3N3. The molecule has 6 unspecified atom stereocenters. The van der Waals surface area contributed by atoms with Crippen molar-refractivity contribution in [3.05, 3.63) is 0 Å². The minimum atomic E-state index is 0.161. The Labute approximate surface area is 166 Å². The van der Waals surface area contributed by atoms with Crippen LogP contribution in [0.1, 0.15) is 60.8 Å². The predicted molar refractivity (Wildman–Crippen MR) is 115 cm³/mol. The van der Waals surface area contributed by atoms with Crippen LogP contribution in [0, 0.1) is 0 Å². The molecule has 0 saturated carbocycles. The molecule has 0 amide bonds. The van der Waals surface area contributed by atoms with Gasteiger partial charge in [-0.3, -0.25) is 0 Å². The highest BCUT2D eigenvalue weighted by atomic mass is 35.5. The lowest BCUT2D eigenvalue weighted by Gasteiger charge is -2.49. The standard InChI is InChI=1S/C15H33B3Cl3N3/c1-7-13(19)10(4)22-16-23(11(5)14(20)8-2)18-24(17-22)12(6)15(21)9-3/h10-18H,7-9H2,1-6H3. The Hall–Kier alpha value is 0.945. The summed E-state index contributed by atoms with van der Waals surface area (Å²) in [6.07, 6.45) is 2.93. The summed E-state index contributed by atoms with van der Waals surface area (Å²) >= 11 is 19.7. The molecule has 0 bridgehead atoms. The molecule has 0 N–H and O–H groups in total. The van der Waals surface area contributed by atoms with E-state index in [0.717, 1.165) is 41.9 Å². The van der Waals surface area contributed by atoms with Crippen molar-refractivity contribution in [1.82, 2.24) is 14.2 Å². The fraction of sp³-hybridized carbons (Fsp3) is 1.00. The average Bonchev–Trinajstić information content (AvgIpc) is 2.63. The van der Waals surface area contributed by atoms with Crippen LogP contribution in [0.3, 0.4) is 0 Å². The number of alkyl halides is 3. The molecule has 1 saturated heterocycles. The largest absolute Gasteiger partial charge is 0.360 e. The summed E-state index contributed by atoms with van der Waals surface area (Å²) in [5, 5.41) is 0.482. The SMILES string of the molecule is CCC(Cl)C(C)N1BN(C(C)C(Cl)CC)BN(C(C)C(Cl)CC)B1. The Morgan fingerprint density at radius 1 is 0.583 bits per heavy atom. The van der Waals surface area contributed by atoms with Crippen molar-refractivity contribution in [1.29, 1.82) is 0 Å². The van der Waals surface area contributed by atoms with Crippen LogP contribution in [0.25, 0.3) is 0 Å².